The second-order valence-electron chi connectivity index (χ2n) is 2.40. The third-order valence-electron chi connectivity index (χ3n) is 1.49. The van der Waals surface area contributed by atoms with Gasteiger partial charge in [0, 0.05) is 13.0 Å². The predicted molar refractivity (Wildman–Crippen MR) is 38.1 cm³/mol. The summed E-state index contributed by atoms with van der Waals surface area (Å²) in [5.74, 6) is -0.687. The second-order valence-corrected chi connectivity index (χ2v) is 2.40. The average Bonchev–Trinajstić information content (AvgIpc) is 2.57. The van der Waals surface area contributed by atoms with Gasteiger partial charge in [-0.3, -0.25) is 0 Å². The van der Waals surface area contributed by atoms with E-state index in [0.29, 0.717) is 6.61 Å². The minimum absolute atomic E-state index is 0.149. The van der Waals surface area contributed by atoms with E-state index in [1.165, 1.54) is 0 Å². The van der Waals surface area contributed by atoms with Crippen LogP contribution >= 0.6 is 0 Å². The van der Waals surface area contributed by atoms with Crippen LogP contribution in [0.3, 0.4) is 0 Å². The predicted octanol–water partition coefficient (Wildman–Crippen LogP) is -0.368. The van der Waals surface area contributed by atoms with Gasteiger partial charge in [0.25, 0.3) is 0 Å². The molecule has 0 amide bonds. The van der Waals surface area contributed by atoms with Gasteiger partial charge >= 0.3 is 5.97 Å². The maximum absolute atomic E-state index is 10.4. The van der Waals surface area contributed by atoms with Gasteiger partial charge in [-0.2, -0.15) is 0 Å². The minimum Gasteiger partial charge on any atom is -0.437 e. The van der Waals surface area contributed by atoms with Gasteiger partial charge < -0.3 is 19.3 Å². The van der Waals surface area contributed by atoms with Crippen LogP contribution in [0.25, 0.3) is 0 Å². The molecule has 0 saturated carbocycles. The van der Waals surface area contributed by atoms with Crippen molar-refractivity contribution in [2.45, 2.75) is 19.1 Å². The second kappa shape index (κ2) is 5.08. The molecule has 1 atom stereocenters. The van der Waals surface area contributed by atoms with Crippen LogP contribution in [0, 0.1) is 0 Å². The largest absolute Gasteiger partial charge is 0.437 e. The molecule has 0 bridgehead atoms. The highest BCUT2D eigenvalue weighted by Gasteiger charge is 2.15. The number of aliphatic hydroxyl groups excluding tert-OH is 1. The zero-order valence-corrected chi connectivity index (χ0v) is 6.69. The van der Waals surface area contributed by atoms with Crippen molar-refractivity contribution < 1.29 is 24.1 Å². The molecule has 1 aliphatic rings. The first-order chi connectivity index (χ1) is 5.83. The summed E-state index contributed by atoms with van der Waals surface area (Å²) in [5.41, 5.74) is 0. The fourth-order valence-electron chi connectivity index (χ4n) is 0.901. The first kappa shape index (κ1) is 9.44. The van der Waals surface area contributed by atoms with Crippen molar-refractivity contribution in [3.05, 3.63) is 0 Å². The summed E-state index contributed by atoms with van der Waals surface area (Å²) in [6.45, 7) is -0.0719. The van der Waals surface area contributed by atoms with E-state index >= 15 is 0 Å². The number of carbonyl (C=O) groups is 1. The highest BCUT2D eigenvalue weighted by atomic mass is 16.8. The Hall–Kier alpha value is -0.650. The number of rotatable bonds is 4. The molecule has 1 fully saturated rings. The Bertz CT molecular complexity index is 141. The van der Waals surface area contributed by atoms with E-state index in [4.69, 9.17) is 14.6 Å². The van der Waals surface area contributed by atoms with Crippen molar-refractivity contribution in [3.8, 4) is 0 Å². The number of hydrogen-bond acceptors (Lipinski definition) is 5. The van der Waals surface area contributed by atoms with Gasteiger partial charge in [-0.05, 0) is 6.42 Å². The Labute approximate surface area is 70.2 Å². The molecule has 5 heteroatoms. The van der Waals surface area contributed by atoms with E-state index < -0.39 is 12.6 Å². The van der Waals surface area contributed by atoms with E-state index in [9.17, 15) is 4.79 Å². The summed E-state index contributed by atoms with van der Waals surface area (Å²) < 4.78 is 14.6. The normalized spacial score (nSPS) is 22.6. The zero-order valence-electron chi connectivity index (χ0n) is 6.69. The van der Waals surface area contributed by atoms with Gasteiger partial charge in [0.2, 0.25) is 0 Å². The molecule has 0 radical (unpaired) electrons. The number of aliphatic hydroxyl groups is 1. The molecule has 1 unspecified atom stereocenters. The number of esters is 1. The molecule has 70 valence electrons. The Morgan fingerprint density at radius 2 is 2.50 bits per heavy atom. The maximum atomic E-state index is 10.4. The van der Waals surface area contributed by atoms with E-state index in [1.54, 1.807) is 0 Å². The molecule has 12 heavy (non-hydrogen) atoms. The van der Waals surface area contributed by atoms with E-state index in [1.807, 2.05) is 0 Å². The lowest BCUT2D eigenvalue weighted by atomic mass is 10.4. The highest BCUT2D eigenvalue weighted by Crippen LogP contribution is 2.12. The molecule has 1 N–H and O–H groups in total. The van der Waals surface area contributed by atoms with Gasteiger partial charge in [0.1, 0.15) is 6.61 Å². The van der Waals surface area contributed by atoms with E-state index in [2.05, 4.69) is 4.74 Å². The van der Waals surface area contributed by atoms with Crippen LogP contribution in [0.1, 0.15) is 12.8 Å². The smallest absolute Gasteiger partial charge is 0.333 e. The van der Waals surface area contributed by atoms with E-state index in [-0.39, 0.29) is 13.1 Å². The number of carbonyl (C=O) groups excluding carboxylic acids is 1. The zero-order chi connectivity index (χ0) is 8.81. The Balaban J connectivity index is 1.97. The van der Waals surface area contributed by atoms with Crippen LogP contribution in [0.15, 0.2) is 0 Å². The molecule has 5 nitrogen and oxygen atoms in total. The molecule has 1 heterocycles. The summed E-state index contributed by atoms with van der Waals surface area (Å²) in [6, 6.07) is 0. The lowest BCUT2D eigenvalue weighted by Crippen LogP contribution is -2.17. The molecule has 1 aliphatic heterocycles. The van der Waals surface area contributed by atoms with Crippen molar-refractivity contribution in [1.82, 2.24) is 0 Å². The fraction of sp³-hybridized carbons (Fsp3) is 0.857. The molecule has 0 aliphatic carbocycles. The Morgan fingerprint density at radius 1 is 1.67 bits per heavy atom. The lowest BCUT2D eigenvalue weighted by Gasteiger charge is -2.10. The first-order valence-corrected chi connectivity index (χ1v) is 3.82. The maximum Gasteiger partial charge on any atom is 0.333 e. The van der Waals surface area contributed by atoms with Crippen molar-refractivity contribution in [2.75, 3.05) is 20.0 Å². The molecule has 0 aromatic heterocycles. The Kier molecular flexibility index (Phi) is 3.99. The summed E-state index contributed by atoms with van der Waals surface area (Å²) in [6.07, 6.45) is 1.55. The molecular formula is C7H12O5. The van der Waals surface area contributed by atoms with Crippen LogP contribution in [0.5, 0.6) is 0 Å². The monoisotopic (exact) mass is 176 g/mol. The van der Waals surface area contributed by atoms with Crippen molar-refractivity contribution in [1.29, 1.82) is 0 Å². The Morgan fingerprint density at radius 3 is 3.08 bits per heavy atom. The van der Waals surface area contributed by atoms with Gasteiger partial charge in [-0.15, -0.1) is 0 Å². The molecule has 0 aromatic rings. The minimum atomic E-state index is -0.687. The van der Waals surface area contributed by atoms with Crippen LogP contribution in [-0.2, 0) is 19.0 Å². The first-order valence-electron chi connectivity index (χ1n) is 3.82. The van der Waals surface area contributed by atoms with Crippen LogP contribution in [-0.4, -0.2) is 37.4 Å². The van der Waals surface area contributed by atoms with Gasteiger partial charge in [-0.1, -0.05) is 0 Å². The molecule has 1 rings (SSSR count). The average molecular weight is 176 g/mol. The topological polar surface area (TPSA) is 65.0 Å². The summed E-state index contributed by atoms with van der Waals surface area (Å²) in [4.78, 5) is 10.4. The molecular weight excluding hydrogens is 164 g/mol. The SMILES string of the molecule is O=C(CO)OCOC1CCCO1. The van der Waals surface area contributed by atoms with Gasteiger partial charge in [0.15, 0.2) is 13.1 Å². The van der Waals surface area contributed by atoms with E-state index in [0.717, 1.165) is 12.8 Å². The summed E-state index contributed by atoms with van der Waals surface area (Å²) >= 11 is 0. The van der Waals surface area contributed by atoms with Crippen LogP contribution in [0.2, 0.25) is 0 Å². The molecule has 0 spiro atoms. The third-order valence-corrected chi connectivity index (χ3v) is 1.49. The summed E-state index contributed by atoms with van der Waals surface area (Å²) in [5, 5.41) is 8.27. The van der Waals surface area contributed by atoms with Crippen molar-refractivity contribution in [2.24, 2.45) is 0 Å². The number of ether oxygens (including phenoxy) is 3. The molecule has 0 aromatic carbocycles. The highest BCUT2D eigenvalue weighted by molar-refractivity contribution is 5.70. The van der Waals surface area contributed by atoms with Crippen LogP contribution in [0.4, 0.5) is 0 Å². The molecule has 1 saturated heterocycles. The lowest BCUT2D eigenvalue weighted by molar-refractivity contribution is -0.188. The number of hydrogen-bond donors (Lipinski definition) is 1. The standard InChI is InChI=1S/C7H12O5/c8-4-6(9)11-5-12-7-2-1-3-10-7/h7-8H,1-5H2. The summed E-state index contributed by atoms with van der Waals surface area (Å²) in [7, 11) is 0. The van der Waals surface area contributed by atoms with Crippen molar-refractivity contribution in [3.63, 3.8) is 0 Å². The third kappa shape index (κ3) is 3.17. The quantitative estimate of drug-likeness (QED) is 0.467. The van der Waals surface area contributed by atoms with Crippen LogP contribution < -0.4 is 0 Å². The fourth-order valence-corrected chi connectivity index (χ4v) is 0.901. The van der Waals surface area contributed by atoms with Gasteiger partial charge in [-0.25, -0.2) is 4.79 Å². The van der Waals surface area contributed by atoms with Gasteiger partial charge in [0.05, 0.1) is 0 Å². The van der Waals surface area contributed by atoms with Crippen molar-refractivity contribution >= 4 is 5.97 Å².